The van der Waals surface area contributed by atoms with Crippen molar-refractivity contribution in [3.63, 3.8) is 0 Å². The second-order valence-corrected chi connectivity index (χ2v) is 5.71. The zero-order chi connectivity index (χ0) is 14.1. The van der Waals surface area contributed by atoms with Crippen LogP contribution in [0, 0.1) is 0 Å². The Morgan fingerprint density at radius 2 is 2.35 bits per heavy atom. The van der Waals surface area contributed by atoms with Crippen LogP contribution in [0.3, 0.4) is 0 Å². The van der Waals surface area contributed by atoms with Crippen LogP contribution in [0.5, 0.6) is 0 Å². The number of carbonyl (C=O) groups is 1. The fourth-order valence-electron chi connectivity index (χ4n) is 2.30. The number of hydrogen-bond acceptors (Lipinski definition) is 6. The first-order valence-electron chi connectivity index (χ1n) is 6.60. The number of morpholine rings is 1. The van der Waals surface area contributed by atoms with Crippen molar-refractivity contribution in [3.8, 4) is 0 Å². The van der Waals surface area contributed by atoms with Crippen molar-refractivity contribution >= 4 is 33.3 Å². The molecule has 20 heavy (non-hydrogen) atoms. The van der Waals surface area contributed by atoms with E-state index in [0.717, 1.165) is 6.42 Å². The summed E-state index contributed by atoms with van der Waals surface area (Å²) in [6, 6.07) is 0. The second-order valence-electron chi connectivity index (χ2n) is 4.71. The van der Waals surface area contributed by atoms with Gasteiger partial charge in [-0.05, 0) is 6.42 Å². The number of nitrogens with two attached hydrogens (primary N) is 1. The van der Waals surface area contributed by atoms with Gasteiger partial charge in [0.25, 0.3) is 5.91 Å². The van der Waals surface area contributed by atoms with Gasteiger partial charge in [-0.2, -0.15) is 0 Å². The number of thiophene rings is 1. The molecule has 1 atom stereocenters. The first kappa shape index (κ1) is 13.3. The van der Waals surface area contributed by atoms with Crippen molar-refractivity contribution in [1.82, 2.24) is 14.9 Å². The van der Waals surface area contributed by atoms with Crippen LogP contribution in [0.1, 0.15) is 23.0 Å². The van der Waals surface area contributed by atoms with Gasteiger partial charge in [-0.1, -0.05) is 6.92 Å². The molecule has 3 heterocycles. The quantitative estimate of drug-likeness (QED) is 0.907. The van der Waals surface area contributed by atoms with Gasteiger partial charge >= 0.3 is 0 Å². The van der Waals surface area contributed by atoms with Crippen LogP contribution < -0.4 is 5.73 Å². The zero-order valence-electron chi connectivity index (χ0n) is 11.2. The molecule has 1 fully saturated rings. The molecule has 2 aromatic rings. The van der Waals surface area contributed by atoms with E-state index in [1.807, 2.05) is 0 Å². The van der Waals surface area contributed by atoms with Gasteiger partial charge in [0, 0.05) is 25.5 Å². The largest absolute Gasteiger partial charge is 0.396 e. The predicted molar refractivity (Wildman–Crippen MR) is 77.8 cm³/mol. The Balaban J connectivity index is 1.90. The van der Waals surface area contributed by atoms with Gasteiger partial charge in [0.15, 0.2) is 0 Å². The highest BCUT2D eigenvalue weighted by Crippen LogP contribution is 2.31. The zero-order valence-corrected chi connectivity index (χ0v) is 12.0. The highest BCUT2D eigenvalue weighted by Gasteiger charge is 2.27. The summed E-state index contributed by atoms with van der Waals surface area (Å²) >= 11 is 1.30. The third kappa shape index (κ3) is 2.23. The van der Waals surface area contributed by atoms with Gasteiger partial charge in [-0.15, -0.1) is 11.3 Å². The second kappa shape index (κ2) is 5.34. The summed E-state index contributed by atoms with van der Waals surface area (Å²) in [6.45, 7) is 3.85. The lowest BCUT2D eigenvalue weighted by molar-refractivity contribution is -0.0224. The van der Waals surface area contributed by atoms with Crippen LogP contribution in [0.4, 0.5) is 5.69 Å². The van der Waals surface area contributed by atoms with Crippen molar-refractivity contribution in [2.45, 2.75) is 19.4 Å². The fraction of sp³-hybridized carbons (Fsp3) is 0.462. The van der Waals surface area contributed by atoms with E-state index >= 15 is 0 Å². The standard InChI is InChI=1S/C13H16N4O2S/c1-2-8-7-17(5-6-19-8)13(18)11-9(14)10-12(20-11)16-4-3-15-10/h3-4,8H,2,5-7,14H2,1H3. The number of aromatic nitrogens is 2. The molecule has 0 aliphatic carbocycles. The lowest BCUT2D eigenvalue weighted by atomic mass is 10.2. The third-order valence-corrected chi connectivity index (χ3v) is 4.53. The molecule has 1 saturated heterocycles. The maximum atomic E-state index is 12.6. The number of anilines is 1. The molecule has 1 amide bonds. The first-order valence-corrected chi connectivity index (χ1v) is 7.42. The summed E-state index contributed by atoms with van der Waals surface area (Å²) in [5, 5.41) is 0. The molecule has 0 aromatic carbocycles. The molecule has 2 N–H and O–H groups in total. The third-order valence-electron chi connectivity index (χ3n) is 3.44. The summed E-state index contributed by atoms with van der Waals surface area (Å²) in [7, 11) is 0. The Bertz CT molecular complexity index is 642. The molecule has 0 radical (unpaired) electrons. The van der Waals surface area contributed by atoms with Crippen LogP contribution in [0.15, 0.2) is 12.4 Å². The van der Waals surface area contributed by atoms with Gasteiger partial charge in [0.1, 0.15) is 15.2 Å². The van der Waals surface area contributed by atoms with Gasteiger partial charge in [-0.25, -0.2) is 9.97 Å². The van der Waals surface area contributed by atoms with E-state index in [2.05, 4.69) is 16.9 Å². The van der Waals surface area contributed by atoms with Crippen molar-refractivity contribution in [2.24, 2.45) is 0 Å². The highest BCUT2D eigenvalue weighted by molar-refractivity contribution is 7.21. The Labute approximate surface area is 120 Å². The number of amides is 1. The Hall–Kier alpha value is -1.73. The minimum Gasteiger partial charge on any atom is -0.396 e. The van der Waals surface area contributed by atoms with Crippen molar-refractivity contribution < 1.29 is 9.53 Å². The van der Waals surface area contributed by atoms with E-state index in [0.29, 0.717) is 40.6 Å². The van der Waals surface area contributed by atoms with E-state index in [-0.39, 0.29) is 12.0 Å². The smallest absolute Gasteiger partial charge is 0.266 e. The number of nitrogens with zero attached hydrogens (tertiary/aromatic N) is 3. The van der Waals surface area contributed by atoms with E-state index in [1.165, 1.54) is 11.3 Å². The van der Waals surface area contributed by atoms with Crippen LogP contribution in [0.25, 0.3) is 10.3 Å². The summed E-state index contributed by atoms with van der Waals surface area (Å²) in [5.74, 6) is -0.0472. The van der Waals surface area contributed by atoms with Crippen LogP contribution in [0.2, 0.25) is 0 Å². The van der Waals surface area contributed by atoms with Crippen LogP contribution in [-0.4, -0.2) is 46.6 Å². The average Bonchev–Trinajstić information content (AvgIpc) is 2.84. The molecule has 7 heteroatoms. The van der Waals surface area contributed by atoms with Gasteiger partial charge < -0.3 is 15.4 Å². The predicted octanol–water partition coefficient (Wildman–Crippen LogP) is 1.52. The van der Waals surface area contributed by atoms with Gasteiger partial charge in [-0.3, -0.25) is 4.79 Å². The van der Waals surface area contributed by atoms with Crippen molar-refractivity contribution in [3.05, 3.63) is 17.3 Å². The number of nitrogen functional groups attached to an aromatic ring is 1. The molecular weight excluding hydrogens is 276 g/mol. The van der Waals surface area contributed by atoms with E-state index < -0.39 is 0 Å². The summed E-state index contributed by atoms with van der Waals surface area (Å²) in [6.07, 6.45) is 4.20. The molecule has 1 aliphatic heterocycles. The monoisotopic (exact) mass is 292 g/mol. The van der Waals surface area contributed by atoms with Gasteiger partial charge in [0.2, 0.25) is 0 Å². The maximum absolute atomic E-state index is 12.6. The number of hydrogen-bond donors (Lipinski definition) is 1. The van der Waals surface area contributed by atoms with E-state index in [9.17, 15) is 4.79 Å². The van der Waals surface area contributed by atoms with Crippen LogP contribution >= 0.6 is 11.3 Å². The Kier molecular flexibility index (Phi) is 3.54. The lowest BCUT2D eigenvalue weighted by Gasteiger charge is -2.32. The number of ether oxygens (including phenoxy) is 1. The highest BCUT2D eigenvalue weighted by atomic mass is 32.1. The summed E-state index contributed by atoms with van der Waals surface area (Å²) in [4.78, 5) is 24.0. The molecule has 0 bridgehead atoms. The molecule has 6 nitrogen and oxygen atoms in total. The summed E-state index contributed by atoms with van der Waals surface area (Å²) < 4.78 is 5.59. The number of fused-ring (bicyclic) bond motifs is 1. The maximum Gasteiger partial charge on any atom is 0.266 e. The minimum absolute atomic E-state index is 0.0472. The summed E-state index contributed by atoms with van der Waals surface area (Å²) in [5.41, 5.74) is 7.09. The molecule has 106 valence electrons. The minimum atomic E-state index is -0.0472. The van der Waals surface area contributed by atoms with Gasteiger partial charge in [0.05, 0.1) is 18.4 Å². The molecule has 0 spiro atoms. The fourth-order valence-corrected chi connectivity index (χ4v) is 3.29. The number of carbonyl (C=O) groups excluding carboxylic acids is 1. The van der Waals surface area contributed by atoms with E-state index in [1.54, 1.807) is 17.3 Å². The van der Waals surface area contributed by atoms with Crippen molar-refractivity contribution in [1.29, 1.82) is 0 Å². The normalized spacial score (nSPS) is 19.4. The van der Waals surface area contributed by atoms with Crippen molar-refractivity contribution in [2.75, 3.05) is 25.4 Å². The molecule has 1 unspecified atom stereocenters. The average molecular weight is 292 g/mol. The Morgan fingerprint density at radius 1 is 1.55 bits per heavy atom. The Morgan fingerprint density at radius 3 is 3.10 bits per heavy atom. The molecule has 1 aliphatic rings. The van der Waals surface area contributed by atoms with Crippen LogP contribution in [-0.2, 0) is 4.74 Å². The molecule has 3 rings (SSSR count). The first-order chi connectivity index (χ1) is 9.70. The molecule has 0 saturated carbocycles. The topological polar surface area (TPSA) is 81.3 Å². The number of rotatable bonds is 2. The lowest BCUT2D eigenvalue weighted by Crippen LogP contribution is -2.45. The SMILES string of the molecule is CCC1CN(C(=O)c2sc3nccnc3c2N)CCO1. The molecule has 2 aromatic heterocycles. The van der Waals surface area contributed by atoms with E-state index in [4.69, 9.17) is 10.5 Å². The molecular formula is C13H16N4O2S.